The number of aromatic nitrogens is 1. The molecule has 7 heteroatoms. The van der Waals surface area contributed by atoms with Gasteiger partial charge < -0.3 is 19.1 Å². The molecule has 182 valence electrons. The number of pyridine rings is 1. The standard InChI is InChI=1S/C29H26N2O5/c1-34-22-13-11-20(12-14-22)26-19-24(23-9-5-6-10-25(23)30-26)29(33)36-27(21-7-3-2-4-8-21)28(32)31-15-17-35-18-16-31/h2-14,19,27H,15-18H2,1H3/t27-/m1/s1. The zero-order chi connectivity index (χ0) is 24.9. The summed E-state index contributed by atoms with van der Waals surface area (Å²) in [5, 5.41) is 0.658. The maximum absolute atomic E-state index is 13.6. The highest BCUT2D eigenvalue weighted by Crippen LogP contribution is 2.29. The van der Waals surface area contributed by atoms with Crippen LogP contribution in [0, 0.1) is 0 Å². The van der Waals surface area contributed by atoms with Gasteiger partial charge in [-0.15, -0.1) is 0 Å². The van der Waals surface area contributed by atoms with Crippen molar-refractivity contribution in [2.45, 2.75) is 6.10 Å². The Morgan fingerprint density at radius 2 is 1.61 bits per heavy atom. The lowest BCUT2D eigenvalue weighted by Gasteiger charge is -2.30. The molecular formula is C29H26N2O5. The van der Waals surface area contributed by atoms with Gasteiger partial charge in [-0.25, -0.2) is 9.78 Å². The van der Waals surface area contributed by atoms with Gasteiger partial charge in [0.05, 0.1) is 37.1 Å². The number of fused-ring (bicyclic) bond motifs is 1. The Balaban J connectivity index is 1.52. The molecule has 36 heavy (non-hydrogen) atoms. The minimum absolute atomic E-state index is 0.258. The van der Waals surface area contributed by atoms with Crippen LogP contribution in [-0.4, -0.2) is 55.2 Å². The molecule has 0 radical (unpaired) electrons. The summed E-state index contributed by atoms with van der Waals surface area (Å²) in [6.45, 7) is 1.84. The summed E-state index contributed by atoms with van der Waals surface area (Å²) in [5.41, 5.74) is 3.09. The van der Waals surface area contributed by atoms with E-state index in [1.807, 2.05) is 66.7 Å². The molecule has 0 spiro atoms. The molecule has 0 aliphatic carbocycles. The summed E-state index contributed by atoms with van der Waals surface area (Å²) >= 11 is 0. The zero-order valence-corrected chi connectivity index (χ0v) is 19.9. The highest BCUT2D eigenvalue weighted by Gasteiger charge is 2.31. The zero-order valence-electron chi connectivity index (χ0n) is 19.9. The quantitative estimate of drug-likeness (QED) is 0.372. The third-order valence-corrected chi connectivity index (χ3v) is 6.20. The van der Waals surface area contributed by atoms with Crippen LogP contribution in [0.2, 0.25) is 0 Å². The number of esters is 1. The molecule has 5 rings (SSSR count). The first-order valence-electron chi connectivity index (χ1n) is 11.8. The maximum atomic E-state index is 13.6. The van der Waals surface area contributed by atoms with E-state index in [0.29, 0.717) is 54.0 Å². The van der Waals surface area contributed by atoms with E-state index in [4.69, 9.17) is 19.2 Å². The molecule has 3 aromatic carbocycles. The van der Waals surface area contributed by atoms with Crippen molar-refractivity contribution >= 4 is 22.8 Å². The first kappa shape index (κ1) is 23.5. The third kappa shape index (κ3) is 4.92. The lowest BCUT2D eigenvalue weighted by atomic mass is 10.0. The van der Waals surface area contributed by atoms with Crippen LogP contribution in [0.15, 0.2) is 84.9 Å². The van der Waals surface area contributed by atoms with Crippen molar-refractivity contribution in [3.63, 3.8) is 0 Å². The van der Waals surface area contributed by atoms with E-state index in [2.05, 4.69) is 0 Å². The van der Waals surface area contributed by atoms with Crippen molar-refractivity contribution in [1.29, 1.82) is 0 Å². The first-order chi connectivity index (χ1) is 17.6. The molecule has 1 atom stereocenters. The number of hydrogen-bond donors (Lipinski definition) is 0. The molecular weight excluding hydrogens is 456 g/mol. The number of methoxy groups -OCH3 is 1. The van der Waals surface area contributed by atoms with Crippen LogP contribution in [0.5, 0.6) is 5.75 Å². The van der Waals surface area contributed by atoms with E-state index in [1.54, 1.807) is 30.2 Å². The van der Waals surface area contributed by atoms with Crippen molar-refractivity contribution in [2.24, 2.45) is 0 Å². The normalized spacial score (nSPS) is 14.3. The Hall–Kier alpha value is -4.23. The molecule has 1 aromatic heterocycles. The Bertz CT molecular complexity index is 1370. The molecule has 0 saturated carbocycles. The fraction of sp³-hybridized carbons (Fsp3) is 0.207. The van der Waals surface area contributed by atoms with Crippen LogP contribution in [-0.2, 0) is 14.3 Å². The molecule has 0 N–H and O–H groups in total. The van der Waals surface area contributed by atoms with Crippen LogP contribution in [0.4, 0.5) is 0 Å². The van der Waals surface area contributed by atoms with Gasteiger partial charge in [0.1, 0.15) is 5.75 Å². The van der Waals surface area contributed by atoms with E-state index in [-0.39, 0.29) is 5.91 Å². The van der Waals surface area contributed by atoms with E-state index in [1.165, 1.54) is 0 Å². The van der Waals surface area contributed by atoms with Gasteiger partial charge in [0.2, 0.25) is 6.10 Å². The Morgan fingerprint density at radius 3 is 2.33 bits per heavy atom. The minimum atomic E-state index is -1.06. The van der Waals surface area contributed by atoms with Gasteiger partial charge in [-0.3, -0.25) is 4.79 Å². The second-order valence-electron chi connectivity index (χ2n) is 8.43. The third-order valence-electron chi connectivity index (χ3n) is 6.20. The van der Waals surface area contributed by atoms with E-state index < -0.39 is 12.1 Å². The molecule has 7 nitrogen and oxygen atoms in total. The van der Waals surface area contributed by atoms with Crippen LogP contribution in [0.25, 0.3) is 22.2 Å². The van der Waals surface area contributed by atoms with Crippen molar-refractivity contribution in [3.8, 4) is 17.0 Å². The number of carbonyl (C=O) groups excluding carboxylic acids is 2. The lowest BCUT2D eigenvalue weighted by molar-refractivity contribution is -0.145. The number of amides is 1. The fourth-order valence-corrected chi connectivity index (χ4v) is 4.26. The van der Waals surface area contributed by atoms with Crippen molar-refractivity contribution in [3.05, 3.63) is 96.1 Å². The number of nitrogens with zero attached hydrogens (tertiary/aromatic N) is 2. The first-order valence-corrected chi connectivity index (χ1v) is 11.8. The summed E-state index contributed by atoms with van der Waals surface area (Å²) in [5.74, 6) is -0.114. The Morgan fingerprint density at radius 1 is 0.917 bits per heavy atom. The molecule has 4 aromatic rings. The van der Waals surface area contributed by atoms with Crippen LogP contribution >= 0.6 is 0 Å². The molecule has 1 amide bonds. The summed E-state index contributed by atoms with van der Waals surface area (Å²) in [4.78, 5) is 33.5. The summed E-state index contributed by atoms with van der Waals surface area (Å²) in [6, 6.07) is 25.7. The SMILES string of the molecule is COc1ccc(-c2cc(C(=O)O[C@@H](C(=O)N3CCOCC3)c3ccccc3)c3ccccc3n2)cc1. The fourth-order valence-electron chi connectivity index (χ4n) is 4.26. The average Bonchev–Trinajstić information content (AvgIpc) is 2.95. The molecule has 0 unspecified atom stereocenters. The highest BCUT2D eigenvalue weighted by molar-refractivity contribution is 6.05. The summed E-state index contributed by atoms with van der Waals surface area (Å²) < 4.78 is 16.6. The molecule has 2 heterocycles. The van der Waals surface area contributed by atoms with Crippen LogP contribution in [0.1, 0.15) is 22.0 Å². The number of carbonyl (C=O) groups is 2. The maximum Gasteiger partial charge on any atom is 0.340 e. The second kappa shape index (κ2) is 10.6. The van der Waals surface area contributed by atoms with Gasteiger partial charge in [-0.2, -0.15) is 0 Å². The van der Waals surface area contributed by atoms with Gasteiger partial charge >= 0.3 is 5.97 Å². The summed E-state index contributed by atoms with van der Waals surface area (Å²) in [7, 11) is 1.61. The second-order valence-corrected chi connectivity index (χ2v) is 8.43. The molecule has 1 aliphatic heterocycles. The number of para-hydroxylation sites is 1. The van der Waals surface area contributed by atoms with Gasteiger partial charge in [0.25, 0.3) is 5.91 Å². The minimum Gasteiger partial charge on any atom is -0.497 e. The van der Waals surface area contributed by atoms with Crippen molar-refractivity contribution < 1.29 is 23.8 Å². The molecule has 1 fully saturated rings. The number of morpholine rings is 1. The van der Waals surface area contributed by atoms with Gasteiger partial charge in [0.15, 0.2) is 0 Å². The van der Waals surface area contributed by atoms with Gasteiger partial charge in [-0.1, -0.05) is 48.5 Å². The lowest BCUT2D eigenvalue weighted by Crippen LogP contribution is -2.44. The van der Waals surface area contributed by atoms with Gasteiger partial charge in [-0.05, 0) is 36.4 Å². The number of benzene rings is 3. The van der Waals surface area contributed by atoms with Crippen molar-refractivity contribution in [1.82, 2.24) is 9.88 Å². The Kier molecular flexibility index (Phi) is 6.91. The van der Waals surface area contributed by atoms with E-state index in [0.717, 1.165) is 11.3 Å². The molecule has 1 aliphatic rings. The smallest absolute Gasteiger partial charge is 0.340 e. The average molecular weight is 483 g/mol. The van der Waals surface area contributed by atoms with E-state index >= 15 is 0 Å². The summed E-state index contributed by atoms with van der Waals surface area (Å²) in [6.07, 6.45) is -1.06. The van der Waals surface area contributed by atoms with Gasteiger partial charge in [0, 0.05) is 29.6 Å². The number of ether oxygens (including phenoxy) is 3. The Labute approximate surface area is 209 Å². The predicted octanol–water partition coefficient (Wildman–Crippen LogP) is 4.67. The monoisotopic (exact) mass is 482 g/mol. The van der Waals surface area contributed by atoms with E-state index in [9.17, 15) is 9.59 Å². The van der Waals surface area contributed by atoms with Crippen molar-refractivity contribution in [2.75, 3.05) is 33.4 Å². The largest absolute Gasteiger partial charge is 0.497 e. The molecule has 1 saturated heterocycles. The van der Waals surface area contributed by atoms with Crippen LogP contribution < -0.4 is 4.74 Å². The number of hydrogen-bond acceptors (Lipinski definition) is 6. The van der Waals surface area contributed by atoms with Crippen LogP contribution in [0.3, 0.4) is 0 Å². The number of rotatable bonds is 6. The predicted molar refractivity (Wildman–Crippen MR) is 136 cm³/mol. The highest BCUT2D eigenvalue weighted by atomic mass is 16.5. The molecule has 0 bridgehead atoms. The topological polar surface area (TPSA) is 78.0 Å².